The minimum absolute atomic E-state index is 0.136. The first kappa shape index (κ1) is 18.7. The molecule has 0 spiro atoms. The summed E-state index contributed by atoms with van der Waals surface area (Å²) >= 11 is 3.44. The fourth-order valence-electron chi connectivity index (χ4n) is 2.45. The lowest BCUT2D eigenvalue weighted by Crippen LogP contribution is -2.32. The van der Waals surface area contributed by atoms with E-state index in [0.717, 1.165) is 21.4 Å². The molecule has 0 aliphatic rings. The third-order valence-corrected chi connectivity index (χ3v) is 5.21. The SMILES string of the molecule is Cc1nn(CC(=O)NCC(O)c2ccc(C(C)C)cc2)c(C)c1Br. The van der Waals surface area contributed by atoms with Gasteiger partial charge in [-0.2, -0.15) is 5.10 Å². The lowest BCUT2D eigenvalue weighted by molar-refractivity contribution is -0.122. The van der Waals surface area contributed by atoms with Gasteiger partial charge in [0.25, 0.3) is 0 Å². The van der Waals surface area contributed by atoms with Crippen LogP contribution in [0, 0.1) is 13.8 Å². The van der Waals surface area contributed by atoms with E-state index in [0.29, 0.717) is 5.92 Å². The van der Waals surface area contributed by atoms with E-state index in [-0.39, 0.29) is 19.0 Å². The van der Waals surface area contributed by atoms with Crippen molar-refractivity contribution in [2.75, 3.05) is 6.54 Å². The summed E-state index contributed by atoms with van der Waals surface area (Å²) in [7, 11) is 0. The minimum Gasteiger partial charge on any atom is -0.387 e. The van der Waals surface area contributed by atoms with Crippen LogP contribution in [0.2, 0.25) is 0 Å². The molecule has 2 aromatic rings. The molecule has 24 heavy (non-hydrogen) atoms. The van der Waals surface area contributed by atoms with E-state index >= 15 is 0 Å². The van der Waals surface area contributed by atoms with Gasteiger partial charge in [-0.3, -0.25) is 9.48 Å². The van der Waals surface area contributed by atoms with Gasteiger partial charge >= 0.3 is 0 Å². The van der Waals surface area contributed by atoms with Gasteiger partial charge in [-0.05, 0) is 46.8 Å². The van der Waals surface area contributed by atoms with Gasteiger partial charge in [-0.1, -0.05) is 38.1 Å². The van der Waals surface area contributed by atoms with E-state index in [9.17, 15) is 9.90 Å². The monoisotopic (exact) mass is 393 g/mol. The Morgan fingerprint density at radius 3 is 2.33 bits per heavy atom. The molecule has 0 aliphatic heterocycles. The van der Waals surface area contributed by atoms with Crippen LogP contribution in [0.25, 0.3) is 0 Å². The molecule has 5 nitrogen and oxygen atoms in total. The summed E-state index contributed by atoms with van der Waals surface area (Å²) in [4.78, 5) is 12.1. The van der Waals surface area contributed by atoms with E-state index in [1.54, 1.807) is 4.68 Å². The Hall–Kier alpha value is -1.66. The maximum atomic E-state index is 12.1. The summed E-state index contributed by atoms with van der Waals surface area (Å²) < 4.78 is 2.57. The number of carbonyl (C=O) groups is 1. The number of aliphatic hydroxyl groups is 1. The number of hydrogen-bond donors (Lipinski definition) is 2. The third-order valence-electron chi connectivity index (χ3n) is 4.07. The molecule has 0 saturated carbocycles. The first-order chi connectivity index (χ1) is 11.3. The van der Waals surface area contributed by atoms with Crippen molar-refractivity contribution in [2.24, 2.45) is 0 Å². The summed E-state index contributed by atoms with van der Waals surface area (Å²) in [6.07, 6.45) is -0.720. The Labute approximate surface area is 151 Å². The van der Waals surface area contributed by atoms with Crippen LogP contribution in [0.5, 0.6) is 0 Å². The normalized spacial score (nSPS) is 12.5. The average molecular weight is 394 g/mol. The Bertz CT molecular complexity index is 708. The Balaban J connectivity index is 1.89. The lowest BCUT2D eigenvalue weighted by atomic mass is 10.00. The van der Waals surface area contributed by atoms with Crippen molar-refractivity contribution in [2.45, 2.75) is 46.3 Å². The van der Waals surface area contributed by atoms with E-state index in [4.69, 9.17) is 0 Å². The van der Waals surface area contributed by atoms with Gasteiger partial charge in [-0.25, -0.2) is 0 Å². The molecule has 0 aliphatic carbocycles. The number of amides is 1. The molecule has 1 unspecified atom stereocenters. The molecule has 2 rings (SSSR count). The molecule has 2 N–H and O–H groups in total. The number of halogens is 1. The summed E-state index contributed by atoms with van der Waals surface area (Å²) in [5, 5.41) is 17.3. The summed E-state index contributed by atoms with van der Waals surface area (Å²) in [5.74, 6) is 0.280. The number of benzene rings is 1. The first-order valence-electron chi connectivity index (χ1n) is 8.03. The van der Waals surface area contributed by atoms with Crippen LogP contribution in [0.15, 0.2) is 28.7 Å². The Morgan fingerprint density at radius 2 is 1.83 bits per heavy atom. The van der Waals surface area contributed by atoms with Gasteiger partial charge in [0.15, 0.2) is 0 Å². The number of carbonyl (C=O) groups excluding carboxylic acids is 1. The molecule has 1 aromatic heterocycles. The molecule has 0 radical (unpaired) electrons. The maximum absolute atomic E-state index is 12.1. The Morgan fingerprint density at radius 1 is 1.25 bits per heavy atom. The second kappa shape index (κ2) is 7.94. The van der Waals surface area contributed by atoms with Crippen LogP contribution in [-0.2, 0) is 11.3 Å². The lowest BCUT2D eigenvalue weighted by Gasteiger charge is -2.14. The number of aliphatic hydroxyl groups excluding tert-OH is 1. The smallest absolute Gasteiger partial charge is 0.241 e. The molecule has 0 saturated heterocycles. The molecule has 130 valence electrons. The summed E-state index contributed by atoms with van der Waals surface area (Å²) in [6, 6.07) is 7.84. The van der Waals surface area contributed by atoms with E-state index < -0.39 is 6.10 Å². The zero-order valence-electron chi connectivity index (χ0n) is 14.5. The van der Waals surface area contributed by atoms with Crippen molar-refractivity contribution >= 4 is 21.8 Å². The molecular formula is C18H24BrN3O2. The summed E-state index contributed by atoms with van der Waals surface area (Å²) in [6.45, 7) is 8.36. The molecule has 1 atom stereocenters. The number of aryl methyl sites for hydroxylation is 1. The van der Waals surface area contributed by atoms with Crippen LogP contribution >= 0.6 is 15.9 Å². The highest BCUT2D eigenvalue weighted by atomic mass is 79.9. The van der Waals surface area contributed by atoms with Crippen molar-refractivity contribution in [3.8, 4) is 0 Å². The van der Waals surface area contributed by atoms with Gasteiger partial charge in [0.2, 0.25) is 5.91 Å². The molecular weight excluding hydrogens is 370 g/mol. The van der Waals surface area contributed by atoms with Gasteiger partial charge in [0.1, 0.15) is 6.54 Å². The van der Waals surface area contributed by atoms with Gasteiger partial charge in [0.05, 0.1) is 22.0 Å². The van der Waals surface area contributed by atoms with Crippen LogP contribution in [0.3, 0.4) is 0 Å². The van der Waals surface area contributed by atoms with Crippen LogP contribution in [0.4, 0.5) is 0 Å². The molecule has 6 heteroatoms. The maximum Gasteiger partial charge on any atom is 0.241 e. The summed E-state index contributed by atoms with van der Waals surface area (Å²) in [5.41, 5.74) is 3.79. The van der Waals surface area contributed by atoms with Gasteiger partial charge in [-0.15, -0.1) is 0 Å². The number of hydrogen-bond acceptors (Lipinski definition) is 3. The zero-order chi connectivity index (χ0) is 17.9. The van der Waals surface area contributed by atoms with Crippen molar-refractivity contribution in [1.82, 2.24) is 15.1 Å². The molecule has 0 bridgehead atoms. The van der Waals surface area contributed by atoms with Crippen LogP contribution < -0.4 is 5.32 Å². The largest absolute Gasteiger partial charge is 0.387 e. The predicted octanol–water partition coefficient (Wildman–Crippen LogP) is 3.24. The predicted molar refractivity (Wildman–Crippen MR) is 97.9 cm³/mol. The van der Waals surface area contributed by atoms with Crippen molar-refractivity contribution in [3.63, 3.8) is 0 Å². The quantitative estimate of drug-likeness (QED) is 0.791. The van der Waals surface area contributed by atoms with E-state index in [1.807, 2.05) is 38.1 Å². The highest BCUT2D eigenvalue weighted by molar-refractivity contribution is 9.10. The molecule has 1 aromatic carbocycles. The second-order valence-corrected chi connectivity index (χ2v) is 7.08. The van der Waals surface area contributed by atoms with E-state index in [2.05, 4.69) is 40.2 Å². The topological polar surface area (TPSA) is 67.2 Å². The zero-order valence-corrected chi connectivity index (χ0v) is 16.1. The molecule has 1 heterocycles. The van der Waals surface area contributed by atoms with E-state index in [1.165, 1.54) is 5.56 Å². The highest BCUT2D eigenvalue weighted by Crippen LogP contribution is 2.20. The van der Waals surface area contributed by atoms with Crippen LogP contribution in [0.1, 0.15) is 48.4 Å². The third kappa shape index (κ3) is 4.45. The number of nitrogens with zero attached hydrogens (tertiary/aromatic N) is 2. The average Bonchev–Trinajstić information content (AvgIpc) is 2.79. The fourth-order valence-corrected chi connectivity index (χ4v) is 2.74. The Kier molecular flexibility index (Phi) is 6.18. The van der Waals surface area contributed by atoms with Crippen molar-refractivity contribution in [1.29, 1.82) is 0 Å². The highest BCUT2D eigenvalue weighted by Gasteiger charge is 2.14. The number of nitrogens with one attached hydrogen (secondary N) is 1. The molecule has 0 fully saturated rings. The van der Waals surface area contributed by atoms with Crippen molar-refractivity contribution in [3.05, 3.63) is 51.3 Å². The number of rotatable bonds is 6. The standard InChI is InChI=1S/C18H24BrN3O2/c1-11(2)14-5-7-15(8-6-14)16(23)9-20-17(24)10-22-13(4)18(19)12(3)21-22/h5-8,11,16,23H,9-10H2,1-4H3,(H,20,24). The molecule has 1 amide bonds. The van der Waals surface area contributed by atoms with Gasteiger partial charge < -0.3 is 10.4 Å². The fraction of sp³-hybridized carbons (Fsp3) is 0.444. The number of aromatic nitrogens is 2. The minimum atomic E-state index is -0.720. The first-order valence-corrected chi connectivity index (χ1v) is 8.83. The van der Waals surface area contributed by atoms with Crippen LogP contribution in [-0.4, -0.2) is 27.3 Å². The second-order valence-electron chi connectivity index (χ2n) is 6.28. The van der Waals surface area contributed by atoms with Crippen molar-refractivity contribution < 1.29 is 9.90 Å². The van der Waals surface area contributed by atoms with Gasteiger partial charge in [0, 0.05) is 6.54 Å².